The van der Waals surface area contributed by atoms with Gasteiger partial charge in [0.2, 0.25) is 5.91 Å². The van der Waals surface area contributed by atoms with Gasteiger partial charge in [-0.05, 0) is 42.7 Å². The average Bonchev–Trinajstić information content (AvgIpc) is 3.44. The van der Waals surface area contributed by atoms with Gasteiger partial charge in [-0.2, -0.15) is 0 Å². The molecule has 0 radical (unpaired) electrons. The van der Waals surface area contributed by atoms with Gasteiger partial charge in [0.25, 0.3) is 11.8 Å². The van der Waals surface area contributed by atoms with E-state index in [0.29, 0.717) is 23.4 Å². The Labute approximate surface area is 152 Å². The molecule has 3 rings (SSSR count). The molecule has 0 saturated heterocycles. The van der Waals surface area contributed by atoms with Gasteiger partial charge in [0.15, 0.2) is 0 Å². The quantitative estimate of drug-likeness (QED) is 0.747. The first-order valence-electron chi connectivity index (χ1n) is 8.57. The second kappa shape index (κ2) is 7.82. The summed E-state index contributed by atoms with van der Waals surface area (Å²) in [7, 11) is 0. The maximum Gasteiger partial charge on any atom is 0.255 e. The maximum atomic E-state index is 12.5. The Morgan fingerprint density at radius 3 is 2.31 bits per heavy atom. The highest BCUT2D eigenvalue weighted by Gasteiger charge is 2.25. The molecular formula is C20H21N3O3. The summed E-state index contributed by atoms with van der Waals surface area (Å²) in [6.45, 7) is 1.88. The fourth-order valence-electron chi connectivity index (χ4n) is 2.48. The molecule has 1 aliphatic carbocycles. The topological polar surface area (TPSA) is 87.3 Å². The number of nitrogens with one attached hydrogen (secondary N) is 3. The second-order valence-corrected chi connectivity index (χ2v) is 6.35. The monoisotopic (exact) mass is 351 g/mol. The van der Waals surface area contributed by atoms with E-state index >= 15 is 0 Å². The Hall–Kier alpha value is -3.15. The second-order valence-electron chi connectivity index (χ2n) is 6.35. The number of carbonyl (C=O) groups excluding carboxylic acids is 3. The van der Waals surface area contributed by atoms with Crippen molar-refractivity contribution in [2.24, 2.45) is 0 Å². The van der Waals surface area contributed by atoms with Crippen molar-refractivity contribution in [3.05, 3.63) is 65.2 Å². The molecule has 26 heavy (non-hydrogen) atoms. The third kappa shape index (κ3) is 4.69. The Morgan fingerprint density at radius 2 is 1.65 bits per heavy atom. The van der Waals surface area contributed by atoms with Gasteiger partial charge in [0.05, 0.1) is 11.3 Å². The summed E-state index contributed by atoms with van der Waals surface area (Å²) in [5.74, 6) is -0.565. The first kappa shape index (κ1) is 17.7. The Morgan fingerprint density at radius 1 is 0.962 bits per heavy atom. The molecule has 0 heterocycles. The lowest BCUT2D eigenvalue weighted by atomic mass is 10.1. The van der Waals surface area contributed by atoms with Crippen molar-refractivity contribution in [2.45, 2.75) is 32.4 Å². The lowest BCUT2D eigenvalue weighted by Crippen LogP contribution is -2.27. The number of hydrogen-bond donors (Lipinski definition) is 3. The van der Waals surface area contributed by atoms with E-state index in [4.69, 9.17) is 0 Å². The minimum atomic E-state index is -0.289. The number of amides is 3. The highest BCUT2D eigenvalue weighted by atomic mass is 16.2. The summed E-state index contributed by atoms with van der Waals surface area (Å²) in [4.78, 5) is 35.7. The molecule has 2 aromatic rings. The summed E-state index contributed by atoms with van der Waals surface area (Å²) in [6.07, 6.45) is 2.01. The summed E-state index contributed by atoms with van der Waals surface area (Å²) < 4.78 is 0. The predicted molar refractivity (Wildman–Crippen MR) is 98.8 cm³/mol. The van der Waals surface area contributed by atoms with E-state index in [1.807, 2.05) is 0 Å². The smallest absolute Gasteiger partial charge is 0.255 e. The number of para-hydroxylation sites is 1. The molecule has 2 aromatic carbocycles. The van der Waals surface area contributed by atoms with Gasteiger partial charge >= 0.3 is 0 Å². The lowest BCUT2D eigenvalue weighted by molar-refractivity contribution is -0.119. The highest BCUT2D eigenvalue weighted by Crippen LogP contribution is 2.22. The van der Waals surface area contributed by atoms with Gasteiger partial charge < -0.3 is 16.0 Å². The van der Waals surface area contributed by atoms with Gasteiger partial charge in [0, 0.05) is 25.1 Å². The zero-order valence-electron chi connectivity index (χ0n) is 14.5. The summed E-state index contributed by atoms with van der Waals surface area (Å²) >= 11 is 0. The highest BCUT2D eigenvalue weighted by molar-refractivity contribution is 6.09. The molecule has 1 aliphatic rings. The molecule has 1 saturated carbocycles. The van der Waals surface area contributed by atoms with Crippen LogP contribution in [0.5, 0.6) is 0 Å². The molecule has 1 fully saturated rings. The molecule has 0 bridgehead atoms. The number of hydrogen-bond acceptors (Lipinski definition) is 3. The van der Waals surface area contributed by atoms with Crippen molar-refractivity contribution in [1.29, 1.82) is 0 Å². The van der Waals surface area contributed by atoms with Gasteiger partial charge in [-0.3, -0.25) is 14.4 Å². The van der Waals surface area contributed by atoms with Crippen LogP contribution in [0.3, 0.4) is 0 Å². The third-order valence-electron chi connectivity index (χ3n) is 4.09. The molecule has 134 valence electrons. The Kier molecular flexibility index (Phi) is 5.31. The van der Waals surface area contributed by atoms with Crippen LogP contribution in [0, 0.1) is 0 Å². The molecular weight excluding hydrogens is 330 g/mol. The largest absolute Gasteiger partial charge is 0.352 e. The molecule has 6 nitrogen and oxygen atoms in total. The van der Waals surface area contributed by atoms with E-state index in [9.17, 15) is 14.4 Å². The van der Waals surface area contributed by atoms with Gasteiger partial charge in [-0.15, -0.1) is 0 Å². The molecule has 6 heteroatoms. The van der Waals surface area contributed by atoms with Crippen LogP contribution >= 0.6 is 0 Å². The average molecular weight is 351 g/mol. The zero-order chi connectivity index (χ0) is 18.5. The fraction of sp³-hybridized carbons (Fsp3) is 0.250. The minimum Gasteiger partial charge on any atom is -0.352 e. The first-order valence-corrected chi connectivity index (χ1v) is 8.57. The maximum absolute atomic E-state index is 12.5. The Balaban J connectivity index is 1.67. The van der Waals surface area contributed by atoms with Crippen molar-refractivity contribution in [1.82, 2.24) is 10.6 Å². The van der Waals surface area contributed by atoms with Crippen LogP contribution in [0.25, 0.3) is 0 Å². The van der Waals surface area contributed by atoms with Gasteiger partial charge in [-0.25, -0.2) is 0 Å². The van der Waals surface area contributed by atoms with E-state index in [-0.39, 0.29) is 23.8 Å². The van der Waals surface area contributed by atoms with Crippen LogP contribution < -0.4 is 16.0 Å². The number of benzene rings is 2. The summed E-state index contributed by atoms with van der Waals surface area (Å²) in [5.41, 5.74) is 2.32. The molecule has 0 unspecified atom stereocenters. The van der Waals surface area contributed by atoms with Crippen molar-refractivity contribution in [3.8, 4) is 0 Å². The first-order chi connectivity index (χ1) is 12.5. The molecule has 0 aromatic heterocycles. The van der Waals surface area contributed by atoms with E-state index in [0.717, 1.165) is 18.4 Å². The van der Waals surface area contributed by atoms with E-state index in [1.165, 1.54) is 6.92 Å². The summed E-state index contributed by atoms with van der Waals surface area (Å²) in [5, 5.41) is 8.44. The zero-order valence-corrected chi connectivity index (χ0v) is 14.5. The lowest BCUT2D eigenvalue weighted by Gasteiger charge is -2.11. The van der Waals surface area contributed by atoms with Crippen LogP contribution in [-0.4, -0.2) is 23.8 Å². The van der Waals surface area contributed by atoms with Crippen LogP contribution in [-0.2, 0) is 11.3 Å². The van der Waals surface area contributed by atoms with E-state index < -0.39 is 0 Å². The standard InChI is InChI=1S/C20H21N3O3/c1-13(24)21-12-14-6-8-15(9-7-14)19(25)23-18-5-3-2-4-17(18)20(26)22-16-10-11-16/h2-9,16H,10-12H2,1H3,(H,21,24)(H,22,26)(H,23,25). The third-order valence-corrected chi connectivity index (χ3v) is 4.09. The van der Waals surface area contributed by atoms with E-state index in [1.54, 1.807) is 48.5 Å². The summed E-state index contributed by atoms with van der Waals surface area (Å²) in [6, 6.07) is 14.2. The SMILES string of the molecule is CC(=O)NCc1ccc(C(=O)Nc2ccccc2C(=O)NC2CC2)cc1. The van der Waals surface area contributed by atoms with Gasteiger partial charge in [0.1, 0.15) is 0 Å². The number of anilines is 1. The molecule has 3 amide bonds. The normalized spacial score (nSPS) is 13.0. The van der Waals surface area contributed by atoms with Crippen molar-refractivity contribution in [2.75, 3.05) is 5.32 Å². The van der Waals surface area contributed by atoms with Crippen molar-refractivity contribution < 1.29 is 14.4 Å². The van der Waals surface area contributed by atoms with Crippen LogP contribution in [0.4, 0.5) is 5.69 Å². The van der Waals surface area contributed by atoms with Crippen LogP contribution in [0.1, 0.15) is 46.0 Å². The van der Waals surface area contributed by atoms with Crippen LogP contribution in [0.2, 0.25) is 0 Å². The molecule has 0 spiro atoms. The van der Waals surface area contributed by atoms with Gasteiger partial charge in [-0.1, -0.05) is 24.3 Å². The van der Waals surface area contributed by atoms with Crippen molar-refractivity contribution in [3.63, 3.8) is 0 Å². The molecule has 3 N–H and O–H groups in total. The number of carbonyl (C=O) groups is 3. The van der Waals surface area contributed by atoms with Crippen molar-refractivity contribution >= 4 is 23.4 Å². The fourth-order valence-corrected chi connectivity index (χ4v) is 2.48. The predicted octanol–water partition coefficient (Wildman–Crippen LogP) is 2.47. The Bertz CT molecular complexity index is 826. The molecule has 0 atom stereocenters. The van der Waals surface area contributed by atoms with E-state index in [2.05, 4.69) is 16.0 Å². The molecule has 0 aliphatic heterocycles. The number of rotatable bonds is 6. The minimum absolute atomic E-state index is 0.104. The van der Waals surface area contributed by atoms with Crippen LogP contribution in [0.15, 0.2) is 48.5 Å².